The van der Waals surface area contributed by atoms with Crippen LogP contribution in [0.2, 0.25) is 0 Å². The van der Waals surface area contributed by atoms with Gasteiger partial charge in [0, 0.05) is 11.9 Å². The number of sulfone groups is 1. The van der Waals surface area contributed by atoms with Crippen molar-refractivity contribution in [3.63, 3.8) is 0 Å². The van der Waals surface area contributed by atoms with Crippen LogP contribution >= 0.6 is 0 Å². The topological polar surface area (TPSA) is 115 Å². The number of nitrogens with two attached hydrogens (primary N) is 1. The summed E-state index contributed by atoms with van der Waals surface area (Å²) in [6.07, 6.45) is 3.65. The number of hydrogen-bond acceptors (Lipinski definition) is 6. The van der Waals surface area contributed by atoms with Gasteiger partial charge in [-0.15, -0.1) is 0 Å². The van der Waals surface area contributed by atoms with Crippen LogP contribution in [-0.4, -0.2) is 30.5 Å². The first kappa shape index (κ1) is 13.9. The third kappa shape index (κ3) is 3.29. The maximum atomic E-state index is 11.8. The predicted molar refractivity (Wildman–Crippen MR) is 73.9 cm³/mol. The highest BCUT2D eigenvalue weighted by Crippen LogP contribution is 2.14. The summed E-state index contributed by atoms with van der Waals surface area (Å²) >= 11 is 0. The van der Waals surface area contributed by atoms with Crippen LogP contribution in [0.25, 0.3) is 0 Å². The van der Waals surface area contributed by atoms with Crippen LogP contribution in [0.15, 0.2) is 41.6 Å². The van der Waals surface area contributed by atoms with Crippen LogP contribution in [0.5, 0.6) is 0 Å². The molecule has 0 fully saturated rings. The highest BCUT2D eigenvalue weighted by Gasteiger charge is 2.10. The molecule has 3 N–H and O–H groups in total. The zero-order valence-corrected chi connectivity index (χ0v) is 11.4. The zero-order valence-electron chi connectivity index (χ0n) is 10.6. The molecule has 0 atom stereocenters. The molecule has 7 nitrogen and oxygen atoms in total. The Labute approximate surface area is 115 Å². The van der Waals surface area contributed by atoms with Gasteiger partial charge in [0.05, 0.1) is 17.3 Å². The molecule has 0 radical (unpaired) electrons. The lowest BCUT2D eigenvalue weighted by Gasteiger charge is -2.05. The van der Waals surface area contributed by atoms with Gasteiger partial charge in [0.25, 0.3) is 5.91 Å². The van der Waals surface area contributed by atoms with Crippen LogP contribution in [0, 0.1) is 0 Å². The summed E-state index contributed by atoms with van der Waals surface area (Å²) in [5.41, 5.74) is 5.95. The number of anilines is 2. The molecule has 8 heteroatoms. The highest BCUT2D eigenvalue weighted by atomic mass is 32.2. The summed E-state index contributed by atoms with van der Waals surface area (Å²) in [5.74, 6) is -0.233. The number of carbonyl (C=O) groups is 1. The maximum absolute atomic E-state index is 11.8. The minimum absolute atomic E-state index is 0.117. The van der Waals surface area contributed by atoms with Crippen LogP contribution in [0.3, 0.4) is 0 Å². The van der Waals surface area contributed by atoms with Gasteiger partial charge in [-0.3, -0.25) is 4.79 Å². The number of nitrogens with one attached hydrogen (secondary N) is 1. The highest BCUT2D eigenvalue weighted by molar-refractivity contribution is 7.90. The zero-order chi connectivity index (χ0) is 14.8. The van der Waals surface area contributed by atoms with E-state index in [-0.39, 0.29) is 16.4 Å². The van der Waals surface area contributed by atoms with E-state index >= 15 is 0 Å². The van der Waals surface area contributed by atoms with E-state index in [1.807, 2.05) is 0 Å². The minimum Gasteiger partial charge on any atom is -0.382 e. The summed E-state index contributed by atoms with van der Waals surface area (Å²) < 4.78 is 22.6. The van der Waals surface area contributed by atoms with Gasteiger partial charge in [0.15, 0.2) is 9.84 Å². The number of hydrogen-bond donors (Lipinski definition) is 2. The van der Waals surface area contributed by atoms with Crippen molar-refractivity contribution in [1.82, 2.24) is 9.97 Å². The fraction of sp³-hybridized carbons (Fsp3) is 0.0833. The first-order chi connectivity index (χ1) is 9.36. The van der Waals surface area contributed by atoms with Gasteiger partial charge in [0.1, 0.15) is 11.5 Å². The van der Waals surface area contributed by atoms with Gasteiger partial charge in [0.2, 0.25) is 0 Å². The average Bonchev–Trinajstić information content (AvgIpc) is 2.39. The number of nitrogens with zero attached hydrogens (tertiary/aromatic N) is 2. The van der Waals surface area contributed by atoms with E-state index in [2.05, 4.69) is 15.3 Å². The van der Waals surface area contributed by atoms with Crippen molar-refractivity contribution in [1.29, 1.82) is 0 Å². The SMILES string of the molecule is CS(=O)(=O)c1ccc(NC(=O)c2cnc(N)cn2)cc1. The Balaban J connectivity index is 2.14. The van der Waals surface area contributed by atoms with Crippen molar-refractivity contribution < 1.29 is 13.2 Å². The molecule has 1 amide bonds. The van der Waals surface area contributed by atoms with Gasteiger partial charge in [-0.2, -0.15) is 0 Å². The van der Waals surface area contributed by atoms with Gasteiger partial charge in [-0.1, -0.05) is 0 Å². The Morgan fingerprint density at radius 1 is 1.15 bits per heavy atom. The largest absolute Gasteiger partial charge is 0.382 e. The molecule has 0 aliphatic heterocycles. The molecule has 0 spiro atoms. The first-order valence-corrected chi connectivity index (χ1v) is 7.44. The van der Waals surface area contributed by atoms with Crippen molar-refractivity contribution in [2.45, 2.75) is 4.90 Å². The molecule has 0 aliphatic rings. The number of carbonyl (C=O) groups excluding carboxylic acids is 1. The Kier molecular flexibility index (Phi) is 3.66. The minimum atomic E-state index is -3.25. The maximum Gasteiger partial charge on any atom is 0.275 e. The standard InChI is InChI=1S/C12H12N4O3S/c1-20(18,19)9-4-2-8(3-5-9)16-12(17)10-6-15-11(13)7-14-10/h2-7H,1H3,(H2,13,15)(H,16,17). The lowest BCUT2D eigenvalue weighted by atomic mass is 10.3. The molecule has 0 bridgehead atoms. The van der Waals surface area contributed by atoms with E-state index in [1.54, 1.807) is 0 Å². The van der Waals surface area contributed by atoms with Gasteiger partial charge >= 0.3 is 0 Å². The molecular formula is C12H12N4O3S. The second kappa shape index (κ2) is 5.25. The fourth-order valence-corrected chi connectivity index (χ4v) is 2.07. The van der Waals surface area contributed by atoms with E-state index < -0.39 is 15.7 Å². The average molecular weight is 292 g/mol. The van der Waals surface area contributed by atoms with Crippen molar-refractivity contribution in [2.24, 2.45) is 0 Å². The summed E-state index contributed by atoms with van der Waals surface area (Å²) in [7, 11) is -3.25. The van der Waals surface area contributed by atoms with Crippen molar-refractivity contribution in [2.75, 3.05) is 17.3 Å². The molecule has 2 rings (SSSR count). The number of benzene rings is 1. The Morgan fingerprint density at radius 3 is 2.30 bits per heavy atom. The van der Waals surface area contributed by atoms with Crippen LogP contribution in [0.4, 0.5) is 11.5 Å². The van der Waals surface area contributed by atoms with E-state index in [1.165, 1.54) is 36.7 Å². The Bertz CT molecular complexity index is 724. The molecule has 2 aromatic rings. The Hall–Kier alpha value is -2.48. The lowest BCUT2D eigenvalue weighted by Crippen LogP contribution is -2.14. The molecule has 0 aliphatic carbocycles. The molecule has 0 saturated carbocycles. The molecule has 1 heterocycles. The quantitative estimate of drug-likeness (QED) is 0.861. The third-order valence-corrected chi connectivity index (χ3v) is 3.57. The van der Waals surface area contributed by atoms with Crippen molar-refractivity contribution in [3.05, 3.63) is 42.4 Å². The Morgan fingerprint density at radius 2 is 1.80 bits per heavy atom. The molecule has 1 aromatic carbocycles. The third-order valence-electron chi connectivity index (χ3n) is 2.44. The second-order valence-electron chi connectivity index (χ2n) is 4.08. The molecule has 1 aromatic heterocycles. The first-order valence-electron chi connectivity index (χ1n) is 5.55. The number of amides is 1. The number of rotatable bonds is 3. The molecular weight excluding hydrogens is 280 g/mol. The van der Waals surface area contributed by atoms with E-state index in [4.69, 9.17) is 5.73 Å². The van der Waals surface area contributed by atoms with Gasteiger partial charge in [-0.05, 0) is 24.3 Å². The fourth-order valence-electron chi connectivity index (χ4n) is 1.44. The lowest BCUT2D eigenvalue weighted by molar-refractivity contribution is 0.102. The smallest absolute Gasteiger partial charge is 0.275 e. The summed E-state index contributed by atoms with van der Waals surface area (Å²) in [6.45, 7) is 0. The van der Waals surface area contributed by atoms with E-state index in [9.17, 15) is 13.2 Å². The normalized spacial score (nSPS) is 11.1. The van der Waals surface area contributed by atoms with Gasteiger partial charge in [-0.25, -0.2) is 18.4 Å². The van der Waals surface area contributed by atoms with Crippen molar-refractivity contribution >= 4 is 27.2 Å². The van der Waals surface area contributed by atoms with Crippen LogP contribution in [0.1, 0.15) is 10.5 Å². The van der Waals surface area contributed by atoms with E-state index in [0.717, 1.165) is 6.26 Å². The molecule has 0 unspecified atom stereocenters. The molecule has 104 valence electrons. The summed E-state index contributed by atoms with van der Waals surface area (Å²) in [6, 6.07) is 5.83. The predicted octanol–water partition coefficient (Wildman–Crippen LogP) is 0.715. The number of nitrogen functional groups attached to an aromatic ring is 1. The van der Waals surface area contributed by atoms with Crippen molar-refractivity contribution in [3.8, 4) is 0 Å². The van der Waals surface area contributed by atoms with Crippen LogP contribution in [-0.2, 0) is 9.84 Å². The monoisotopic (exact) mass is 292 g/mol. The molecule has 20 heavy (non-hydrogen) atoms. The number of aromatic nitrogens is 2. The summed E-state index contributed by atoms with van der Waals surface area (Å²) in [5, 5.41) is 2.58. The summed E-state index contributed by atoms with van der Waals surface area (Å²) in [4.78, 5) is 19.6. The molecule has 0 saturated heterocycles. The second-order valence-corrected chi connectivity index (χ2v) is 6.09. The van der Waals surface area contributed by atoms with Gasteiger partial charge < -0.3 is 11.1 Å². The van der Waals surface area contributed by atoms with Crippen LogP contribution < -0.4 is 11.1 Å². The van der Waals surface area contributed by atoms with E-state index in [0.29, 0.717) is 5.69 Å².